The van der Waals surface area contributed by atoms with Gasteiger partial charge in [0.25, 0.3) is 0 Å². The van der Waals surface area contributed by atoms with Crippen LogP contribution in [0.2, 0.25) is 0 Å². The molecule has 6 nitrogen and oxygen atoms in total. The molecule has 140 valence electrons. The van der Waals surface area contributed by atoms with Gasteiger partial charge in [0.1, 0.15) is 5.60 Å². The van der Waals surface area contributed by atoms with E-state index in [1.54, 1.807) is 0 Å². The minimum absolute atomic E-state index is 0.206. The molecule has 2 atom stereocenters. The standard InChI is InChI=1S/C20H27N3O3/c1-12-16-11-25-6-5-17(16)22-18(21-12)13-7-14-9-23(10-15(14)8-13)19(24)26-20(2,3)4/h7,14-15H,5-6,8-11H2,1-4H3. The van der Waals surface area contributed by atoms with Crippen LogP contribution in [-0.4, -0.2) is 46.3 Å². The number of carbonyl (C=O) groups is 1. The summed E-state index contributed by atoms with van der Waals surface area (Å²) in [4.78, 5) is 23.7. The molecule has 1 amide bonds. The lowest BCUT2D eigenvalue weighted by Crippen LogP contribution is -2.35. The number of fused-ring (bicyclic) bond motifs is 2. The fourth-order valence-electron chi connectivity index (χ4n) is 4.09. The van der Waals surface area contributed by atoms with Crippen LogP contribution in [0.15, 0.2) is 6.08 Å². The second-order valence-electron chi connectivity index (χ2n) is 8.57. The maximum Gasteiger partial charge on any atom is 0.410 e. The van der Waals surface area contributed by atoms with Crippen LogP contribution in [0.3, 0.4) is 0 Å². The lowest BCUT2D eigenvalue weighted by Gasteiger charge is -2.24. The van der Waals surface area contributed by atoms with Crippen molar-refractivity contribution in [3.8, 4) is 0 Å². The third kappa shape index (κ3) is 3.34. The summed E-state index contributed by atoms with van der Waals surface area (Å²) >= 11 is 0. The van der Waals surface area contributed by atoms with Crippen molar-refractivity contribution in [1.82, 2.24) is 14.9 Å². The van der Waals surface area contributed by atoms with E-state index in [0.717, 1.165) is 55.3 Å². The summed E-state index contributed by atoms with van der Waals surface area (Å²) < 4.78 is 11.0. The summed E-state index contributed by atoms with van der Waals surface area (Å²) in [5.41, 5.74) is 4.08. The number of nitrogens with zero attached hydrogens (tertiary/aromatic N) is 3. The number of aryl methyl sites for hydroxylation is 1. The maximum atomic E-state index is 12.3. The number of hydrogen-bond donors (Lipinski definition) is 0. The minimum atomic E-state index is -0.450. The van der Waals surface area contributed by atoms with Gasteiger partial charge in [0, 0.05) is 36.7 Å². The van der Waals surface area contributed by atoms with E-state index in [1.807, 2.05) is 32.6 Å². The first kappa shape index (κ1) is 17.5. The van der Waals surface area contributed by atoms with Gasteiger partial charge < -0.3 is 14.4 Å². The van der Waals surface area contributed by atoms with Gasteiger partial charge >= 0.3 is 6.09 Å². The van der Waals surface area contributed by atoms with Gasteiger partial charge in [0.2, 0.25) is 0 Å². The fraction of sp³-hybridized carbons (Fsp3) is 0.650. The monoisotopic (exact) mass is 357 g/mol. The topological polar surface area (TPSA) is 64.6 Å². The highest BCUT2D eigenvalue weighted by molar-refractivity contribution is 5.70. The quantitative estimate of drug-likeness (QED) is 0.773. The Kier molecular flexibility index (Phi) is 4.26. The van der Waals surface area contributed by atoms with Gasteiger partial charge in [-0.05, 0) is 45.6 Å². The molecule has 0 N–H and O–H groups in total. The summed E-state index contributed by atoms with van der Waals surface area (Å²) in [7, 11) is 0. The Hall–Kier alpha value is -1.95. The van der Waals surface area contributed by atoms with E-state index >= 15 is 0 Å². The summed E-state index contributed by atoms with van der Waals surface area (Å²) in [5.74, 6) is 1.68. The average molecular weight is 357 g/mol. The molecule has 1 saturated heterocycles. The Morgan fingerprint density at radius 2 is 2.12 bits per heavy atom. The molecule has 1 aromatic rings. The lowest BCUT2D eigenvalue weighted by atomic mass is 9.99. The molecule has 3 aliphatic rings. The SMILES string of the molecule is Cc1nc(C2=CC3CN(C(=O)OC(C)(C)C)CC3C2)nc2c1COCC2. The van der Waals surface area contributed by atoms with Gasteiger partial charge in [-0.15, -0.1) is 0 Å². The zero-order chi connectivity index (χ0) is 18.5. The van der Waals surface area contributed by atoms with Crippen molar-refractivity contribution in [2.45, 2.75) is 52.7 Å². The first-order valence-corrected chi connectivity index (χ1v) is 9.43. The van der Waals surface area contributed by atoms with Crippen LogP contribution in [0.25, 0.3) is 5.57 Å². The van der Waals surface area contributed by atoms with Crippen molar-refractivity contribution >= 4 is 11.7 Å². The smallest absolute Gasteiger partial charge is 0.410 e. The first-order chi connectivity index (χ1) is 12.3. The van der Waals surface area contributed by atoms with Crippen LogP contribution in [0.4, 0.5) is 4.79 Å². The predicted octanol–water partition coefficient (Wildman–Crippen LogP) is 3.13. The zero-order valence-electron chi connectivity index (χ0n) is 16.0. The zero-order valence-corrected chi connectivity index (χ0v) is 16.0. The third-order valence-corrected chi connectivity index (χ3v) is 5.36. The molecule has 0 bridgehead atoms. The van der Waals surface area contributed by atoms with E-state index in [9.17, 15) is 4.79 Å². The molecular formula is C20H27N3O3. The summed E-state index contributed by atoms with van der Waals surface area (Å²) in [6, 6.07) is 0. The number of allylic oxidation sites excluding steroid dienone is 1. The normalized spacial score (nSPS) is 24.9. The highest BCUT2D eigenvalue weighted by Gasteiger charge is 2.40. The van der Waals surface area contributed by atoms with E-state index in [2.05, 4.69) is 6.08 Å². The second kappa shape index (κ2) is 6.34. The molecule has 6 heteroatoms. The number of carbonyl (C=O) groups excluding carboxylic acids is 1. The number of ether oxygens (including phenoxy) is 2. The van der Waals surface area contributed by atoms with E-state index < -0.39 is 5.60 Å². The second-order valence-corrected chi connectivity index (χ2v) is 8.57. The Labute approximate surface area is 154 Å². The molecule has 26 heavy (non-hydrogen) atoms. The summed E-state index contributed by atoms with van der Waals surface area (Å²) in [6.07, 6.45) is 3.86. The molecule has 3 heterocycles. The molecule has 1 aliphatic carbocycles. The van der Waals surface area contributed by atoms with Crippen LogP contribution in [0.5, 0.6) is 0 Å². The van der Waals surface area contributed by atoms with Gasteiger partial charge in [-0.3, -0.25) is 0 Å². The van der Waals surface area contributed by atoms with Crippen molar-refractivity contribution in [2.24, 2.45) is 11.8 Å². The van der Waals surface area contributed by atoms with Gasteiger partial charge in [0.05, 0.1) is 18.9 Å². The van der Waals surface area contributed by atoms with Crippen LogP contribution in [0.1, 0.15) is 50.0 Å². The van der Waals surface area contributed by atoms with Crippen molar-refractivity contribution in [2.75, 3.05) is 19.7 Å². The molecule has 4 rings (SSSR count). The van der Waals surface area contributed by atoms with Crippen molar-refractivity contribution in [3.05, 3.63) is 28.9 Å². The third-order valence-electron chi connectivity index (χ3n) is 5.36. The Bertz CT molecular complexity index is 766. The number of hydrogen-bond acceptors (Lipinski definition) is 5. The molecule has 0 spiro atoms. The molecule has 1 aromatic heterocycles. The van der Waals surface area contributed by atoms with Crippen LogP contribution in [-0.2, 0) is 22.5 Å². The number of likely N-dealkylation sites (tertiary alicyclic amines) is 1. The van der Waals surface area contributed by atoms with E-state index in [1.165, 1.54) is 5.57 Å². The molecule has 0 saturated carbocycles. The predicted molar refractivity (Wildman–Crippen MR) is 97.5 cm³/mol. The van der Waals surface area contributed by atoms with Crippen LogP contribution in [0, 0.1) is 18.8 Å². The molecule has 2 aliphatic heterocycles. The fourth-order valence-corrected chi connectivity index (χ4v) is 4.09. The summed E-state index contributed by atoms with van der Waals surface area (Å²) in [5, 5.41) is 0. The minimum Gasteiger partial charge on any atom is -0.444 e. The Morgan fingerprint density at radius 1 is 1.31 bits per heavy atom. The van der Waals surface area contributed by atoms with Crippen molar-refractivity contribution in [3.63, 3.8) is 0 Å². The van der Waals surface area contributed by atoms with E-state index in [4.69, 9.17) is 19.4 Å². The van der Waals surface area contributed by atoms with Crippen LogP contribution >= 0.6 is 0 Å². The molecule has 0 radical (unpaired) electrons. The number of aromatic nitrogens is 2. The first-order valence-electron chi connectivity index (χ1n) is 9.43. The van der Waals surface area contributed by atoms with Gasteiger partial charge in [0.15, 0.2) is 5.82 Å². The molecule has 0 aromatic carbocycles. The van der Waals surface area contributed by atoms with Crippen LogP contribution < -0.4 is 0 Å². The number of rotatable bonds is 1. The van der Waals surface area contributed by atoms with Gasteiger partial charge in [-0.2, -0.15) is 0 Å². The molecule has 1 fully saturated rings. The largest absolute Gasteiger partial charge is 0.444 e. The van der Waals surface area contributed by atoms with E-state index in [-0.39, 0.29) is 6.09 Å². The Balaban J connectivity index is 1.48. The van der Waals surface area contributed by atoms with E-state index in [0.29, 0.717) is 18.4 Å². The summed E-state index contributed by atoms with van der Waals surface area (Å²) in [6.45, 7) is 10.6. The highest BCUT2D eigenvalue weighted by atomic mass is 16.6. The Morgan fingerprint density at radius 3 is 2.85 bits per heavy atom. The number of amides is 1. The van der Waals surface area contributed by atoms with Crippen molar-refractivity contribution in [1.29, 1.82) is 0 Å². The maximum absolute atomic E-state index is 12.3. The highest BCUT2D eigenvalue weighted by Crippen LogP contribution is 2.40. The lowest BCUT2D eigenvalue weighted by molar-refractivity contribution is 0.0285. The average Bonchev–Trinajstić information content (AvgIpc) is 3.12. The van der Waals surface area contributed by atoms with Crippen molar-refractivity contribution < 1.29 is 14.3 Å². The van der Waals surface area contributed by atoms with Gasteiger partial charge in [-0.1, -0.05) is 6.08 Å². The molecular weight excluding hydrogens is 330 g/mol. The molecule has 2 unspecified atom stereocenters. The van der Waals surface area contributed by atoms with Gasteiger partial charge in [-0.25, -0.2) is 14.8 Å².